The Kier molecular flexibility index (Phi) is 7.39. The molecule has 1 heterocycles. The lowest BCUT2D eigenvalue weighted by Gasteiger charge is -2.11. The molecule has 0 aliphatic carbocycles. The molecule has 0 saturated heterocycles. The van der Waals surface area contributed by atoms with Crippen LogP contribution in [0.5, 0.6) is 11.6 Å². The van der Waals surface area contributed by atoms with E-state index in [1.807, 2.05) is 0 Å². The number of benzene rings is 2. The molecule has 0 radical (unpaired) electrons. The monoisotopic (exact) mass is 499 g/mol. The van der Waals surface area contributed by atoms with E-state index >= 15 is 0 Å². The summed E-state index contributed by atoms with van der Waals surface area (Å²) in [4.78, 5) is 26.1. The Labute approximate surface area is 195 Å². The average Bonchev–Trinajstić information content (AvgIpc) is 2.75. The van der Waals surface area contributed by atoms with Crippen LogP contribution < -0.4 is 10.1 Å². The highest BCUT2D eigenvalue weighted by molar-refractivity contribution is 6.34. The molecule has 2 aromatic carbocycles. The fourth-order valence-corrected chi connectivity index (χ4v) is 3.12. The van der Waals surface area contributed by atoms with Crippen LogP contribution in [0.1, 0.15) is 21.5 Å². The number of hydrogen-bond acceptors (Lipinski definition) is 5. The number of nitrogens with zero attached hydrogens (tertiary/aromatic N) is 2. The van der Waals surface area contributed by atoms with Gasteiger partial charge in [0, 0.05) is 24.9 Å². The van der Waals surface area contributed by atoms with Crippen molar-refractivity contribution in [2.24, 2.45) is 0 Å². The number of ether oxygens (including phenoxy) is 1. The summed E-state index contributed by atoms with van der Waals surface area (Å²) in [5.74, 6) is -0.412. The number of pyridine rings is 1. The van der Waals surface area contributed by atoms with Crippen LogP contribution in [0.2, 0.25) is 10.0 Å². The van der Waals surface area contributed by atoms with Crippen LogP contribution >= 0.6 is 23.2 Å². The third-order valence-corrected chi connectivity index (χ3v) is 4.98. The van der Waals surface area contributed by atoms with Gasteiger partial charge in [-0.3, -0.25) is 14.9 Å². The zero-order valence-corrected chi connectivity index (χ0v) is 18.0. The van der Waals surface area contributed by atoms with Gasteiger partial charge < -0.3 is 10.1 Å². The van der Waals surface area contributed by atoms with E-state index in [1.54, 1.807) is 24.3 Å². The fraction of sp³-hybridized carbons (Fsp3) is 0.143. The van der Waals surface area contributed by atoms with E-state index < -0.39 is 22.6 Å². The SMILES string of the molecule is O=C(NCCc1ccc(Oc2ncc(C(F)(F)F)cc2Cl)cc1)c1cc([N+](=O)[O-])ccc1Cl. The number of nitrogens with one attached hydrogen (secondary N) is 1. The van der Waals surface area contributed by atoms with E-state index in [9.17, 15) is 28.1 Å². The molecule has 1 N–H and O–H groups in total. The lowest BCUT2D eigenvalue weighted by Crippen LogP contribution is -2.26. The van der Waals surface area contributed by atoms with Crippen LogP contribution in [0.4, 0.5) is 18.9 Å². The Morgan fingerprint density at radius 1 is 1.09 bits per heavy atom. The summed E-state index contributed by atoms with van der Waals surface area (Å²) in [7, 11) is 0. The fourth-order valence-electron chi connectivity index (χ4n) is 2.71. The minimum Gasteiger partial charge on any atom is -0.438 e. The quantitative estimate of drug-likeness (QED) is 0.314. The Bertz CT molecular complexity index is 1190. The number of carbonyl (C=O) groups excluding carboxylic acids is 1. The number of non-ortho nitro benzene ring substituents is 1. The van der Waals surface area contributed by atoms with Gasteiger partial charge in [-0.05, 0) is 36.2 Å². The summed E-state index contributed by atoms with van der Waals surface area (Å²) in [6, 6.07) is 10.9. The van der Waals surface area contributed by atoms with Crippen LogP contribution in [0.25, 0.3) is 0 Å². The molecule has 7 nitrogen and oxygen atoms in total. The summed E-state index contributed by atoms with van der Waals surface area (Å²) in [5, 5.41) is 13.3. The summed E-state index contributed by atoms with van der Waals surface area (Å²) >= 11 is 11.8. The second-order valence-corrected chi connectivity index (χ2v) is 7.50. The van der Waals surface area contributed by atoms with Crippen molar-refractivity contribution in [3.63, 3.8) is 0 Å². The molecule has 0 aliphatic heterocycles. The van der Waals surface area contributed by atoms with Crippen molar-refractivity contribution in [2.75, 3.05) is 6.54 Å². The largest absolute Gasteiger partial charge is 0.438 e. The molecule has 1 aromatic heterocycles. The standard InChI is InChI=1S/C21H14Cl2F3N3O4/c22-17-6-3-14(29(31)32)10-16(17)19(30)27-8-7-12-1-4-15(5-2-12)33-20-18(23)9-13(11-28-20)21(24,25)26/h1-6,9-11H,7-8H2,(H,27,30). The lowest BCUT2D eigenvalue weighted by atomic mass is 10.1. The molecule has 0 bridgehead atoms. The number of hydrogen-bond donors (Lipinski definition) is 1. The molecule has 0 saturated carbocycles. The first-order valence-electron chi connectivity index (χ1n) is 9.26. The predicted octanol–water partition coefficient (Wildman–Crippen LogP) is 6.08. The predicted molar refractivity (Wildman–Crippen MR) is 115 cm³/mol. The number of nitro groups is 1. The van der Waals surface area contributed by atoms with Crippen LogP contribution in [0.3, 0.4) is 0 Å². The topological polar surface area (TPSA) is 94.4 Å². The lowest BCUT2D eigenvalue weighted by molar-refractivity contribution is -0.384. The second kappa shape index (κ2) is 10.1. The third kappa shape index (κ3) is 6.33. The van der Waals surface area contributed by atoms with Gasteiger partial charge in [-0.2, -0.15) is 13.2 Å². The van der Waals surface area contributed by atoms with Gasteiger partial charge in [0.25, 0.3) is 11.6 Å². The highest BCUT2D eigenvalue weighted by atomic mass is 35.5. The van der Waals surface area contributed by atoms with Crippen LogP contribution in [0.15, 0.2) is 54.7 Å². The molecule has 0 atom stereocenters. The van der Waals surface area contributed by atoms with Crippen molar-refractivity contribution >= 4 is 34.8 Å². The first-order chi connectivity index (χ1) is 15.5. The Morgan fingerprint density at radius 3 is 2.39 bits per heavy atom. The molecular formula is C21H14Cl2F3N3O4. The van der Waals surface area contributed by atoms with E-state index in [0.29, 0.717) is 18.4 Å². The van der Waals surface area contributed by atoms with Gasteiger partial charge in [-0.25, -0.2) is 4.98 Å². The van der Waals surface area contributed by atoms with Crippen molar-refractivity contribution in [1.82, 2.24) is 10.3 Å². The summed E-state index contributed by atoms with van der Waals surface area (Å²) in [5.41, 5.74) is -0.416. The minimum absolute atomic E-state index is 0.00413. The molecule has 0 fully saturated rings. The molecule has 1 amide bonds. The molecule has 3 rings (SSSR count). The Hall–Kier alpha value is -3.37. The van der Waals surface area contributed by atoms with Crippen LogP contribution in [-0.4, -0.2) is 22.4 Å². The number of amides is 1. The average molecular weight is 500 g/mol. The smallest absolute Gasteiger partial charge is 0.417 e. The molecule has 33 heavy (non-hydrogen) atoms. The van der Waals surface area contributed by atoms with Gasteiger partial charge in [-0.15, -0.1) is 0 Å². The number of nitro benzene ring substituents is 1. The molecule has 3 aromatic rings. The first-order valence-corrected chi connectivity index (χ1v) is 10.0. The molecule has 12 heteroatoms. The van der Waals surface area contributed by atoms with Crippen LogP contribution in [-0.2, 0) is 12.6 Å². The summed E-state index contributed by atoms with van der Waals surface area (Å²) < 4.78 is 43.5. The number of aromatic nitrogens is 1. The van der Waals surface area contributed by atoms with Gasteiger partial charge >= 0.3 is 6.18 Å². The van der Waals surface area contributed by atoms with Crippen LogP contribution in [0, 0.1) is 10.1 Å². The zero-order chi connectivity index (χ0) is 24.2. The van der Waals surface area contributed by atoms with Crippen molar-refractivity contribution in [1.29, 1.82) is 0 Å². The summed E-state index contributed by atoms with van der Waals surface area (Å²) in [6.45, 7) is 0.227. The van der Waals surface area contributed by atoms with Gasteiger partial charge in [0.05, 0.1) is 21.1 Å². The van der Waals surface area contributed by atoms with E-state index in [2.05, 4.69) is 10.3 Å². The normalized spacial score (nSPS) is 11.2. The van der Waals surface area contributed by atoms with E-state index in [4.69, 9.17) is 27.9 Å². The minimum atomic E-state index is -4.56. The molecule has 172 valence electrons. The number of rotatable bonds is 7. The van der Waals surface area contributed by atoms with E-state index in [1.165, 1.54) is 12.1 Å². The van der Waals surface area contributed by atoms with Gasteiger partial charge in [0.1, 0.15) is 10.8 Å². The number of carbonyl (C=O) groups is 1. The van der Waals surface area contributed by atoms with Gasteiger partial charge in [-0.1, -0.05) is 35.3 Å². The zero-order valence-electron chi connectivity index (χ0n) is 16.5. The van der Waals surface area contributed by atoms with Crippen molar-refractivity contribution < 1.29 is 27.6 Å². The van der Waals surface area contributed by atoms with Crippen molar-refractivity contribution in [3.8, 4) is 11.6 Å². The highest BCUT2D eigenvalue weighted by Gasteiger charge is 2.31. The Morgan fingerprint density at radius 2 is 1.79 bits per heavy atom. The van der Waals surface area contributed by atoms with E-state index in [-0.39, 0.29) is 33.7 Å². The summed E-state index contributed by atoms with van der Waals surface area (Å²) in [6.07, 6.45) is -3.50. The molecular weight excluding hydrogens is 486 g/mol. The maximum atomic E-state index is 12.7. The van der Waals surface area contributed by atoms with E-state index in [0.717, 1.165) is 17.7 Å². The highest BCUT2D eigenvalue weighted by Crippen LogP contribution is 2.34. The number of halogens is 5. The second-order valence-electron chi connectivity index (χ2n) is 6.68. The molecule has 0 spiro atoms. The maximum Gasteiger partial charge on any atom is 0.417 e. The number of alkyl halides is 3. The maximum absolute atomic E-state index is 12.7. The molecule has 0 unspecified atom stereocenters. The first kappa shape index (κ1) is 24.3. The molecule has 0 aliphatic rings. The van der Waals surface area contributed by atoms with Crippen molar-refractivity contribution in [2.45, 2.75) is 12.6 Å². The van der Waals surface area contributed by atoms with Gasteiger partial charge in [0.15, 0.2) is 0 Å². The third-order valence-electron chi connectivity index (χ3n) is 4.38. The van der Waals surface area contributed by atoms with Crippen molar-refractivity contribution in [3.05, 3.63) is 91.6 Å². The van der Waals surface area contributed by atoms with Gasteiger partial charge in [0.2, 0.25) is 5.88 Å². The Balaban J connectivity index is 1.57.